The summed E-state index contributed by atoms with van der Waals surface area (Å²) in [6.45, 7) is 0.489. The zero-order valence-corrected chi connectivity index (χ0v) is 17.2. The number of rotatable bonds is 4. The molecule has 1 amide bonds. The minimum absolute atomic E-state index is 0.0314. The molecule has 0 aliphatic carbocycles. The third kappa shape index (κ3) is 4.01. The Balaban J connectivity index is 1.84. The molecular formula is C18H13BrCl3NO3. The molecule has 1 heterocycles. The maximum absolute atomic E-state index is 12.5. The summed E-state index contributed by atoms with van der Waals surface area (Å²) >= 11 is 22.0. The van der Waals surface area contributed by atoms with Crippen molar-refractivity contribution < 1.29 is 14.3 Å². The molecule has 0 bridgehead atoms. The number of alkyl halides is 1. The number of ether oxygens (including phenoxy) is 1. The van der Waals surface area contributed by atoms with Gasteiger partial charge in [0, 0.05) is 22.5 Å². The summed E-state index contributed by atoms with van der Waals surface area (Å²) in [5, 5.41) is 4.16. The van der Waals surface area contributed by atoms with Gasteiger partial charge < -0.3 is 10.1 Å². The lowest BCUT2D eigenvalue weighted by Crippen LogP contribution is -2.32. The van der Waals surface area contributed by atoms with E-state index in [0.717, 1.165) is 11.1 Å². The quantitative estimate of drug-likeness (QED) is 0.487. The topological polar surface area (TPSA) is 55.4 Å². The fourth-order valence-corrected chi connectivity index (χ4v) is 4.10. The maximum atomic E-state index is 12.5. The number of hydrogen-bond donors (Lipinski definition) is 1. The highest BCUT2D eigenvalue weighted by molar-refractivity contribution is 9.08. The number of esters is 1. The van der Waals surface area contributed by atoms with Gasteiger partial charge in [0.25, 0.3) is 5.91 Å². The number of fused-ring (bicyclic) bond motifs is 1. The van der Waals surface area contributed by atoms with Crippen LogP contribution in [0.15, 0.2) is 24.3 Å². The van der Waals surface area contributed by atoms with Gasteiger partial charge in [0.2, 0.25) is 0 Å². The van der Waals surface area contributed by atoms with E-state index in [9.17, 15) is 9.59 Å². The van der Waals surface area contributed by atoms with Gasteiger partial charge in [-0.1, -0.05) is 56.8 Å². The van der Waals surface area contributed by atoms with E-state index in [1.54, 1.807) is 6.07 Å². The highest BCUT2D eigenvalue weighted by Gasteiger charge is 2.27. The Morgan fingerprint density at radius 1 is 1.15 bits per heavy atom. The monoisotopic (exact) mass is 475 g/mol. The van der Waals surface area contributed by atoms with Crippen LogP contribution in [0, 0.1) is 0 Å². The molecule has 2 aromatic carbocycles. The molecule has 0 saturated carbocycles. The first-order valence-corrected chi connectivity index (χ1v) is 9.96. The highest BCUT2D eigenvalue weighted by atomic mass is 79.9. The molecule has 8 heteroatoms. The van der Waals surface area contributed by atoms with E-state index >= 15 is 0 Å². The smallest absolute Gasteiger partial charge is 0.341 e. The predicted octanol–water partition coefficient (Wildman–Crippen LogP) is 5.18. The Morgan fingerprint density at radius 2 is 1.88 bits per heavy atom. The Kier molecular flexibility index (Phi) is 6.13. The average molecular weight is 478 g/mol. The molecule has 0 fully saturated rings. The van der Waals surface area contributed by atoms with Crippen LogP contribution in [0.5, 0.6) is 0 Å². The van der Waals surface area contributed by atoms with Gasteiger partial charge in [0.15, 0.2) is 0 Å². The van der Waals surface area contributed by atoms with Gasteiger partial charge in [-0.25, -0.2) is 4.79 Å². The number of carbonyl (C=O) groups is 2. The third-order valence-electron chi connectivity index (χ3n) is 3.97. The Labute approximate surface area is 173 Å². The minimum atomic E-state index is -0.644. The molecular weight excluding hydrogens is 464 g/mol. The molecule has 1 aliphatic rings. The molecule has 0 unspecified atom stereocenters. The molecule has 2 aromatic rings. The van der Waals surface area contributed by atoms with Gasteiger partial charge >= 0.3 is 5.97 Å². The highest BCUT2D eigenvalue weighted by Crippen LogP contribution is 2.33. The zero-order chi connectivity index (χ0) is 18.8. The maximum Gasteiger partial charge on any atom is 0.341 e. The summed E-state index contributed by atoms with van der Waals surface area (Å²) in [6, 6.07) is 6.88. The second kappa shape index (κ2) is 8.17. The molecule has 1 N–H and O–H groups in total. The number of halogens is 4. The molecule has 0 aromatic heterocycles. The molecule has 1 aliphatic heterocycles. The SMILES string of the molecule is O=C1NCCc2c1cc(Cl)c(C(=O)OCc1cc(Cl)cc(CBr)c1)c2Cl. The molecule has 0 atom stereocenters. The Morgan fingerprint density at radius 3 is 2.62 bits per heavy atom. The first-order valence-electron chi connectivity index (χ1n) is 7.71. The third-order valence-corrected chi connectivity index (χ3v) is 5.55. The fourth-order valence-electron chi connectivity index (χ4n) is 2.79. The van der Waals surface area contributed by atoms with Gasteiger partial charge in [-0.15, -0.1) is 0 Å². The fraction of sp³-hybridized carbons (Fsp3) is 0.222. The van der Waals surface area contributed by atoms with E-state index in [1.807, 2.05) is 12.1 Å². The summed E-state index contributed by atoms with van der Waals surface area (Å²) in [4.78, 5) is 24.4. The number of carbonyl (C=O) groups excluding carboxylic acids is 2. The van der Waals surface area contributed by atoms with Gasteiger partial charge in [-0.2, -0.15) is 0 Å². The van der Waals surface area contributed by atoms with Crippen molar-refractivity contribution in [2.45, 2.75) is 18.4 Å². The standard InChI is InChI=1S/C18H13BrCl3NO3/c19-7-9-3-10(5-11(20)4-9)8-26-18(25)15-14(21)6-13-12(16(15)22)1-2-23-17(13)24/h3-6H,1-2,7-8H2,(H,23,24). The van der Waals surface area contributed by atoms with Crippen LogP contribution in [0.2, 0.25) is 15.1 Å². The van der Waals surface area contributed by atoms with Crippen LogP contribution in [0.4, 0.5) is 0 Å². The van der Waals surface area contributed by atoms with E-state index < -0.39 is 5.97 Å². The van der Waals surface area contributed by atoms with Gasteiger partial charge in [-0.05, 0) is 41.3 Å². The van der Waals surface area contributed by atoms with Gasteiger partial charge in [0.05, 0.1) is 15.6 Å². The number of hydrogen-bond acceptors (Lipinski definition) is 3. The molecule has 0 saturated heterocycles. The van der Waals surface area contributed by atoms with Crippen molar-refractivity contribution in [1.29, 1.82) is 0 Å². The first kappa shape index (κ1) is 19.5. The largest absolute Gasteiger partial charge is 0.457 e. The zero-order valence-electron chi connectivity index (χ0n) is 13.4. The van der Waals surface area contributed by atoms with Crippen LogP contribution in [0.25, 0.3) is 0 Å². The van der Waals surface area contributed by atoms with Crippen LogP contribution in [-0.4, -0.2) is 18.4 Å². The van der Waals surface area contributed by atoms with Crippen molar-refractivity contribution in [3.8, 4) is 0 Å². The van der Waals surface area contributed by atoms with E-state index in [-0.39, 0.29) is 28.1 Å². The summed E-state index contributed by atoms with van der Waals surface area (Å²) < 4.78 is 5.37. The normalized spacial score (nSPS) is 13.2. The Hall–Kier alpha value is -1.27. The van der Waals surface area contributed by atoms with Crippen molar-refractivity contribution in [1.82, 2.24) is 5.32 Å². The summed E-state index contributed by atoms with van der Waals surface area (Å²) in [5.41, 5.74) is 2.80. The van der Waals surface area contributed by atoms with Crippen molar-refractivity contribution in [2.24, 2.45) is 0 Å². The molecule has 26 heavy (non-hydrogen) atoms. The van der Waals surface area contributed by atoms with E-state index in [2.05, 4.69) is 21.2 Å². The number of benzene rings is 2. The summed E-state index contributed by atoms with van der Waals surface area (Å²) in [6.07, 6.45) is 0.528. The van der Waals surface area contributed by atoms with Crippen molar-refractivity contribution >= 4 is 62.6 Å². The second-order valence-corrected chi connectivity index (χ2v) is 7.54. The number of nitrogens with one attached hydrogen (secondary N) is 1. The molecule has 0 spiro atoms. The van der Waals surface area contributed by atoms with Crippen LogP contribution in [0.3, 0.4) is 0 Å². The van der Waals surface area contributed by atoms with Crippen LogP contribution in [-0.2, 0) is 23.1 Å². The lowest BCUT2D eigenvalue weighted by molar-refractivity contribution is 0.0472. The number of amides is 1. The summed E-state index contributed by atoms with van der Waals surface area (Å²) in [7, 11) is 0. The predicted molar refractivity (Wildman–Crippen MR) is 106 cm³/mol. The van der Waals surface area contributed by atoms with Gasteiger partial charge in [-0.3, -0.25) is 4.79 Å². The van der Waals surface area contributed by atoms with Crippen molar-refractivity contribution in [3.05, 3.63) is 67.2 Å². The van der Waals surface area contributed by atoms with E-state index in [4.69, 9.17) is 39.5 Å². The lowest BCUT2D eigenvalue weighted by atomic mass is 9.97. The van der Waals surface area contributed by atoms with Crippen LogP contribution >= 0.6 is 50.7 Å². The molecule has 4 nitrogen and oxygen atoms in total. The molecule has 136 valence electrons. The van der Waals surface area contributed by atoms with Crippen molar-refractivity contribution in [3.63, 3.8) is 0 Å². The van der Waals surface area contributed by atoms with Gasteiger partial charge in [0.1, 0.15) is 6.61 Å². The van der Waals surface area contributed by atoms with E-state index in [0.29, 0.717) is 34.4 Å². The Bertz CT molecular complexity index is 902. The molecule has 3 rings (SSSR count). The first-order chi connectivity index (χ1) is 12.4. The second-order valence-electron chi connectivity index (χ2n) is 5.76. The lowest BCUT2D eigenvalue weighted by Gasteiger charge is -2.20. The average Bonchev–Trinajstić information content (AvgIpc) is 2.60. The molecule has 0 radical (unpaired) electrons. The van der Waals surface area contributed by atoms with Crippen LogP contribution in [0.1, 0.15) is 37.4 Å². The minimum Gasteiger partial charge on any atom is -0.457 e. The summed E-state index contributed by atoms with van der Waals surface area (Å²) in [5.74, 6) is -0.898. The van der Waals surface area contributed by atoms with Crippen molar-refractivity contribution in [2.75, 3.05) is 6.54 Å². The van der Waals surface area contributed by atoms with E-state index in [1.165, 1.54) is 6.07 Å². The van der Waals surface area contributed by atoms with Crippen LogP contribution < -0.4 is 5.32 Å².